The lowest BCUT2D eigenvalue weighted by Gasteiger charge is -2.13. The van der Waals surface area contributed by atoms with Gasteiger partial charge in [-0.1, -0.05) is 11.6 Å². The van der Waals surface area contributed by atoms with Crippen molar-refractivity contribution in [3.05, 3.63) is 46.2 Å². The Morgan fingerprint density at radius 1 is 1.14 bits per heavy atom. The number of pyridine rings is 1. The lowest BCUT2D eigenvalue weighted by Crippen LogP contribution is -2.16. The van der Waals surface area contributed by atoms with Gasteiger partial charge in [0.15, 0.2) is 5.15 Å². The quantitative estimate of drug-likeness (QED) is 0.671. The molecule has 0 spiro atoms. The number of halogens is 1. The Kier molecular flexibility index (Phi) is 4.11. The Labute approximate surface area is 129 Å². The lowest BCUT2D eigenvalue weighted by molar-refractivity contribution is 0.600. The maximum Gasteiger partial charge on any atom is 0.262 e. The Balaban J connectivity index is 2.51. The van der Waals surface area contributed by atoms with Crippen LogP contribution in [0.2, 0.25) is 5.15 Å². The second-order valence-electron chi connectivity index (χ2n) is 4.93. The van der Waals surface area contributed by atoms with Crippen molar-refractivity contribution in [3.8, 4) is 0 Å². The number of aromatic nitrogens is 1. The van der Waals surface area contributed by atoms with Crippen molar-refractivity contribution in [2.24, 2.45) is 0 Å². The van der Waals surface area contributed by atoms with Crippen molar-refractivity contribution in [1.29, 1.82) is 0 Å². The first-order chi connectivity index (χ1) is 9.70. The predicted octanol–water partition coefficient (Wildman–Crippen LogP) is 3.04. The zero-order chi connectivity index (χ0) is 15.8. The zero-order valence-electron chi connectivity index (χ0n) is 11.9. The number of nitrogens with zero attached hydrogens (tertiary/aromatic N) is 1. The van der Waals surface area contributed by atoms with Gasteiger partial charge < -0.3 is 5.73 Å². The number of hydrogen-bond acceptors (Lipinski definition) is 4. The molecule has 1 heterocycles. The van der Waals surface area contributed by atoms with Crippen molar-refractivity contribution in [3.63, 3.8) is 0 Å². The van der Waals surface area contributed by atoms with Gasteiger partial charge in [0.1, 0.15) is 0 Å². The molecule has 0 radical (unpaired) electrons. The maximum atomic E-state index is 12.5. The highest BCUT2D eigenvalue weighted by Crippen LogP contribution is 2.27. The molecule has 1 aromatic carbocycles. The molecular formula is C14H16ClN3O2S. The summed E-state index contributed by atoms with van der Waals surface area (Å²) in [5.41, 5.74) is 8.59. The topological polar surface area (TPSA) is 85.1 Å². The van der Waals surface area contributed by atoms with E-state index in [0.717, 1.165) is 11.1 Å². The molecule has 2 aromatic rings. The van der Waals surface area contributed by atoms with Crippen LogP contribution in [0.4, 0.5) is 11.4 Å². The standard InChI is InChI=1S/C14H16ClN3O2S/c1-8-4-11(16)10(3)13(6-8)21(19,20)18-12-5-9(2)7-17-14(12)15/h4-7,18H,16H2,1-3H3. The van der Waals surface area contributed by atoms with Gasteiger partial charge in [0.05, 0.1) is 10.6 Å². The molecule has 112 valence electrons. The largest absolute Gasteiger partial charge is 0.398 e. The van der Waals surface area contributed by atoms with Gasteiger partial charge in [-0.15, -0.1) is 0 Å². The highest BCUT2D eigenvalue weighted by atomic mass is 35.5. The van der Waals surface area contributed by atoms with Crippen LogP contribution in [0.15, 0.2) is 29.3 Å². The Hall–Kier alpha value is -1.79. The van der Waals surface area contributed by atoms with E-state index in [1.54, 1.807) is 45.2 Å². The number of nitrogens with one attached hydrogen (secondary N) is 1. The second-order valence-corrected chi connectivity index (χ2v) is 6.94. The predicted molar refractivity (Wildman–Crippen MR) is 85.1 cm³/mol. The van der Waals surface area contributed by atoms with Gasteiger partial charge >= 0.3 is 0 Å². The third-order valence-electron chi connectivity index (χ3n) is 3.05. The molecule has 3 N–H and O–H groups in total. The highest BCUT2D eigenvalue weighted by Gasteiger charge is 2.20. The fraction of sp³-hybridized carbons (Fsp3) is 0.214. The molecular weight excluding hydrogens is 310 g/mol. The number of sulfonamides is 1. The third kappa shape index (κ3) is 3.28. The Morgan fingerprint density at radius 2 is 1.81 bits per heavy atom. The SMILES string of the molecule is Cc1cnc(Cl)c(NS(=O)(=O)c2cc(C)cc(N)c2C)c1. The van der Waals surface area contributed by atoms with E-state index >= 15 is 0 Å². The molecule has 1 aromatic heterocycles. The molecule has 0 aliphatic rings. The first kappa shape index (κ1) is 15.6. The van der Waals surface area contributed by atoms with Gasteiger partial charge in [0.25, 0.3) is 10.0 Å². The number of nitrogens with two attached hydrogens (primary N) is 1. The summed E-state index contributed by atoms with van der Waals surface area (Å²) in [6.45, 7) is 5.26. The average molecular weight is 326 g/mol. The summed E-state index contributed by atoms with van der Waals surface area (Å²) >= 11 is 5.93. The molecule has 0 saturated heterocycles. The van der Waals surface area contributed by atoms with Crippen molar-refractivity contribution in [1.82, 2.24) is 4.98 Å². The molecule has 0 unspecified atom stereocenters. The number of aryl methyl sites for hydroxylation is 2. The average Bonchev–Trinajstić information content (AvgIpc) is 2.37. The second kappa shape index (κ2) is 5.54. The molecule has 21 heavy (non-hydrogen) atoms. The summed E-state index contributed by atoms with van der Waals surface area (Å²) < 4.78 is 27.5. The van der Waals surface area contributed by atoms with E-state index in [1.807, 2.05) is 0 Å². The van der Waals surface area contributed by atoms with E-state index in [0.29, 0.717) is 11.3 Å². The molecule has 7 heteroatoms. The Bertz CT molecular complexity index is 804. The van der Waals surface area contributed by atoms with Gasteiger partial charge in [0.2, 0.25) is 0 Å². The van der Waals surface area contributed by atoms with Crippen LogP contribution < -0.4 is 10.5 Å². The lowest BCUT2D eigenvalue weighted by atomic mass is 10.1. The zero-order valence-corrected chi connectivity index (χ0v) is 13.5. The molecule has 0 bridgehead atoms. The summed E-state index contributed by atoms with van der Waals surface area (Å²) in [4.78, 5) is 4.06. The summed E-state index contributed by atoms with van der Waals surface area (Å²) in [5, 5.41) is 0.0995. The maximum absolute atomic E-state index is 12.5. The van der Waals surface area contributed by atoms with E-state index in [4.69, 9.17) is 17.3 Å². The van der Waals surface area contributed by atoms with Gasteiger partial charge in [-0.3, -0.25) is 4.72 Å². The first-order valence-electron chi connectivity index (χ1n) is 6.22. The van der Waals surface area contributed by atoms with Crippen LogP contribution in [0, 0.1) is 20.8 Å². The highest BCUT2D eigenvalue weighted by molar-refractivity contribution is 7.92. The summed E-state index contributed by atoms with van der Waals surface area (Å²) in [6, 6.07) is 4.93. The molecule has 0 amide bonds. The third-order valence-corrected chi connectivity index (χ3v) is 4.85. The van der Waals surface area contributed by atoms with Crippen molar-refractivity contribution in [2.45, 2.75) is 25.7 Å². The normalized spacial score (nSPS) is 11.4. The summed E-state index contributed by atoms with van der Waals surface area (Å²) in [6.07, 6.45) is 1.57. The Morgan fingerprint density at radius 3 is 2.48 bits per heavy atom. The molecule has 5 nitrogen and oxygen atoms in total. The van der Waals surface area contributed by atoms with Gasteiger partial charge in [0, 0.05) is 11.9 Å². The van der Waals surface area contributed by atoms with Gasteiger partial charge in [-0.05, 0) is 55.7 Å². The summed E-state index contributed by atoms with van der Waals surface area (Å²) in [5.74, 6) is 0. The van der Waals surface area contributed by atoms with Crippen LogP contribution in [0.3, 0.4) is 0 Å². The van der Waals surface area contributed by atoms with Crippen LogP contribution in [0.5, 0.6) is 0 Å². The van der Waals surface area contributed by atoms with Gasteiger partial charge in [-0.2, -0.15) is 0 Å². The molecule has 0 atom stereocenters. The minimum absolute atomic E-state index is 0.0995. The number of nitrogen functional groups attached to an aromatic ring is 1. The molecule has 0 aliphatic heterocycles. The van der Waals surface area contributed by atoms with Crippen molar-refractivity contribution in [2.75, 3.05) is 10.5 Å². The van der Waals surface area contributed by atoms with Crippen LogP contribution in [0.25, 0.3) is 0 Å². The minimum Gasteiger partial charge on any atom is -0.398 e. The van der Waals surface area contributed by atoms with E-state index in [2.05, 4.69) is 9.71 Å². The molecule has 0 aliphatic carbocycles. The summed E-state index contributed by atoms with van der Waals surface area (Å²) in [7, 11) is -3.78. The van der Waals surface area contributed by atoms with E-state index < -0.39 is 10.0 Å². The fourth-order valence-electron chi connectivity index (χ4n) is 1.96. The minimum atomic E-state index is -3.78. The smallest absolute Gasteiger partial charge is 0.262 e. The van der Waals surface area contributed by atoms with Crippen LogP contribution >= 0.6 is 11.6 Å². The fourth-order valence-corrected chi connectivity index (χ4v) is 3.58. The molecule has 0 fully saturated rings. The number of anilines is 2. The monoisotopic (exact) mass is 325 g/mol. The molecule has 0 saturated carbocycles. The van der Waals surface area contributed by atoms with Gasteiger partial charge in [-0.25, -0.2) is 13.4 Å². The molecule has 2 rings (SSSR count). The van der Waals surface area contributed by atoms with Crippen LogP contribution in [-0.4, -0.2) is 13.4 Å². The van der Waals surface area contributed by atoms with E-state index in [9.17, 15) is 8.42 Å². The van der Waals surface area contributed by atoms with Crippen LogP contribution in [-0.2, 0) is 10.0 Å². The first-order valence-corrected chi connectivity index (χ1v) is 8.08. The van der Waals surface area contributed by atoms with E-state index in [1.165, 1.54) is 0 Å². The number of rotatable bonds is 3. The van der Waals surface area contributed by atoms with Crippen molar-refractivity contribution < 1.29 is 8.42 Å². The number of hydrogen-bond donors (Lipinski definition) is 2. The van der Waals surface area contributed by atoms with E-state index in [-0.39, 0.29) is 15.7 Å². The van der Waals surface area contributed by atoms with Crippen LogP contribution in [0.1, 0.15) is 16.7 Å². The van der Waals surface area contributed by atoms with Crippen molar-refractivity contribution >= 4 is 33.0 Å². The number of benzene rings is 1.